The summed E-state index contributed by atoms with van der Waals surface area (Å²) in [5.41, 5.74) is 0.644. The van der Waals surface area contributed by atoms with Gasteiger partial charge in [-0.3, -0.25) is 9.79 Å². The highest BCUT2D eigenvalue weighted by Crippen LogP contribution is 2.19. The summed E-state index contributed by atoms with van der Waals surface area (Å²) in [5, 5.41) is 0. The summed E-state index contributed by atoms with van der Waals surface area (Å²) in [7, 11) is 1.60. The Hall–Kier alpha value is -1.30. The molecule has 0 aromatic heterocycles. The maximum atomic E-state index is 12.0. The Kier molecular flexibility index (Phi) is 5.40. The Morgan fingerprint density at radius 3 is 2.50 bits per heavy atom. The number of nitrogens with zero attached hydrogens (tertiary/aromatic N) is 2. The van der Waals surface area contributed by atoms with E-state index in [2.05, 4.69) is 9.73 Å². The Morgan fingerprint density at radius 1 is 1.44 bits per heavy atom. The van der Waals surface area contributed by atoms with Gasteiger partial charge in [0.2, 0.25) is 0 Å². The van der Waals surface area contributed by atoms with Gasteiger partial charge in [-0.15, -0.1) is 0 Å². The molecule has 102 valence electrons. The number of aliphatic imine (C=N–C) groups is 1. The van der Waals surface area contributed by atoms with Gasteiger partial charge in [-0.2, -0.15) is 8.78 Å². The zero-order valence-electron chi connectivity index (χ0n) is 10.8. The Balaban J connectivity index is 2.58. The van der Waals surface area contributed by atoms with Crippen LogP contribution in [0.1, 0.15) is 13.8 Å². The molecule has 4 nitrogen and oxygen atoms in total. The lowest BCUT2D eigenvalue weighted by Gasteiger charge is -2.40. The lowest BCUT2D eigenvalue weighted by atomic mass is 10.1. The SMILES string of the molecule is CN=C/C(=C\C(=O)C(C)C)N1CC(OC(F)F)C1. The minimum absolute atomic E-state index is 0.0110. The van der Waals surface area contributed by atoms with Gasteiger partial charge in [0.1, 0.15) is 0 Å². The molecule has 1 saturated heterocycles. The number of ketones is 1. The average molecular weight is 260 g/mol. The summed E-state index contributed by atoms with van der Waals surface area (Å²) < 4.78 is 28.3. The zero-order chi connectivity index (χ0) is 13.7. The van der Waals surface area contributed by atoms with Crippen LogP contribution in [0.15, 0.2) is 16.8 Å². The van der Waals surface area contributed by atoms with E-state index in [0.717, 1.165) is 0 Å². The van der Waals surface area contributed by atoms with Gasteiger partial charge in [-0.05, 0) is 0 Å². The van der Waals surface area contributed by atoms with Gasteiger partial charge < -0.3 is 9.64 Å². The van der Waals surface area contributed by atoms with E-state index in [4.69, 9.17) is 0 Å². The number of hydrogen-bond acceptors (Lipinski definition) is 4. The molecular formula is C12H18F2N2O2. The third-order valence-corrected chi connectivity index (χ3v) is 2.63. The van der Waals surface area contributed by atoms with Crippen molar-refractivity contribution in [1.29, 1.82) is 0 Å². The third-order valence-electron chi connectivity index (χ3n) is 2.63. The molecule has 6 heteroatoms. The fraction of sp³-hybridized carbons (Fsp3) is 0.667. The van der Waals surface area contributed by atoms with Crippen LogP contribution in [0.25, 0.3) is 0 Å². The van der Waals surface area contributed by atoms with Crippen molar-refractivity contribution < 1.29 is 18.3 Å². The van der Waals surface area contributed by atoms with E-state index in [1.807, 2.05) is 0 Å². The molecule has 1 aliphatic heterocycles. The fourth-order valence-electron chi connectivity index (χ4n) is 1.54. The van der Waals surface area contributed by atoms with E-state index in [9.17, 15) is 13.6 Å². The molecule has 1 rings (SSSR count). The van der Waals surface area contributed by atoms with Crippen LogP contribution in [-0.2, 0) is 9.53 Å². The molecule has 0 bridgehead atoms. The minimum atomic E-state index is -2.75. The summed E-state index contributed by atoms with van der Waals surface area (Å²) in [4.78, 5) is 17.3. The number of alkyl halides is 2. The minimum Gasteiger partial charge on any atom is -0.365 e. The van der Waals surface area contributed by atoms with Crippen molar-refractivity contribution in [2.24, 2.45) is 10.9 Å². The van der Waals surface area contributed by atoms with Crippen LogP contribution < -0.4 is 0 Å². The average Bonchev–Trinajstić information content (AvgIpc) is 2.21. The highest BCUT2D eigenvalue weighted by molar-refractivity contribution is 5.96. The second-order valence-corrected chi connectivity index (χ2v) is 4.44. The van der Waals surface area contributed by atoms with E-state index in [0.29, 0.717) is 18.8 Å². The molecule has 0 amide bonds. The smallest absolute Gasteiger partial charge is 0.345 e. The van der Waals surface area contributed by atoms with Crippen molar-refractivity contribution in [1.82, 2.24) is 4.90 Å². The van der Waals surface area contributed by atoms with Crippen LogP contribution in [0.2, 0.25) is 0 Å². The van der Waals surface area contributed by atoms with E-state index in [1.54, 1.807) is 32.0 Å². The number of allylic oxidation sites excluding steroid dienone is 2. The van der Waals surface area contributed by atoms with Gasteiger partial charge in [0.25, 0.3) is 0 Å². The molecule has 18 heavy (non-hydrogen) atoms. The maximum Gasteiger partial charge on any atom is 0.345 e. The highest BCUT2D eigenvalue weighted by atomic mass is 19.3. The molecule has 0 aliphatic carbocycles. The van der Waals surface area contributed by atoms with E-state index in [-0.39, 0.29) is 11.7 Å². The Bertz CT molecular complexity index is 348. The first-order chi connectivity index (χ1) is 8.43. The molecular weight excluding hydrogens is 242 g/mol. The second kappa shape index (κ2) is 6.58. The van der Waals surface area contributed by atoms with Crippen molar-refractivity contribution in [2.45, 2.75) is 26.6 Å². The van der Waals surface area contributed by atoms with Crippen LogP contribution in [0.3, 0.4) is 0 Å². The second-order valence-electron chi connectivity index (χ2n) is 4.44. The number of halogens is 2. The van der Waals surface area contributed by atoms with Crippen LogP contribution >= 0.6 is 0 Å². The molecule has 1 heterocycles. The molecule has 0 aromatic rings. The van der Waals surface area contributed by atoms with Crippen LogP contribution in [-0.4, -0.2) is 49.8 Å². The summed E-state index contributed by atoms with van der Waals surface area (Å²) in [6.07, 6.45) is 2.57. The van der Waals surface area contributed by atoms with E-state index < -0.39 is 12.7 Å². The van der Waals surface area contributed by atoms with Crippen molar-refractivity contribution in [3.63, 3.8) is 0 Å². The lowest BCUT2D eigenvalue weighted by molar-refractivity contribution is -0.190. The largest absolute Gasteiger partial charge is 0.365 e. The van der Waals surface area contributed by atoms with Gasteiger partial charge in [-0.1, -0.05) is 13.8 Å². The number of ether oxygens (including phenoxy) is 1. The molecule has 0 unspecified atom stereocenters. The first kappa shape index (κ1) is 14.8. The quantitative estimate of drug-likeness (QED) is 0.539. The predicted octanol–water partition coefficient (Wildman–Crippen LogP) is 1.72. The molecule has 0 N–H and O–H groups in total. The van der Waals surface area contributed by atoms with Crippen LogP contribution in [0, 0.1) is 5.92 Å². The molecule has 0 radical (unpaired) electrons. The highest BCUT2D eigenvalue weighted by Gasteiger charge is 2.31. The van der Waals surface area contributed by atoms with Crippen molar-refractivity contribution in [2.75, 3.05) is 20.1 Å². The maximum absolute atomic E-state index is 12.0. The topological polar surface area (TPSA) is 41.9 Å². The van der Waals surface area contributed by atoms with Gasteiger partial charge >= 0.3 is 6.61 Å². The third kappa shape index (κ3) is 4.18. The molecule has 1 aliphatic rings. The van der Waals surface area contributed by atoms with E-state index in [1.165, 1.54) is 6.08 Å². The number of likely N-dealkylation sites (tertiary alicyclic amines) is 1. The fourth-order valence-corrected chi connectivity index (χ4v) is 1.54. The van der Waals surface area contributed by atoms with Crippen molar-refractivity contribution in [3.8, 4) is 0 Å². The van der Waals surface area contributed by atoms with Crippen LogP contribution in [0.5, 0.6) is 0 Å². The molecule has 0 aromatic carbocycles. The number of carbonyl (C=O) groups is 1. The first-order valence-electron chi connectivity index (χ1n) is 5.80. The number of rotatable bonds is 6. The number of carbonyl (C=O) groups excluding carboxylic acids is 1. The van der Waals surface area contributed by atoms with Crippen molar-refractivity contribution in [3.05, 3.63) is 11.8 Å². The van der Waals surface area contributed by atoms with Gasteiger partial charge in [0, 0.05) is 38.3 Å². The summed E-state index contributed by atoms with van der Waals surface area (Å²) in [6.45, 7) is 1.57. The first-order valence-corrected chi connectivity index (χ1v) is 5.80. The summed E-state index contributed by atoms with van der Waals surface area (Å²) >= 11 is 0. The molecule has 1 fully saturated rings. The molecule has 0 spiro atoms. The van der Waals surface area contributed by atoms with Gasteiger partial charge in [0.15, 0.2) is 5.78 Å². The monoisotopic (exact) mass is 260 g/mol. The normalized spacial score (nSPS) is 17.9. The summed E-state index contributed by atoms with van der Waals surface area (Å²) in [5.74, 6) is -0.109. The zero-order valence-corrected chi connectivity index (χ0v) is 10.8. The van der Waals surface area contributed by atoms with Crippen molar-refractivity contribution >= 4 is 12.0 Å². The van der Waals surface area contributed by atoms with Gasteiger partial charge in [-0.25, -0.2) is 0 Å². The predicted molar refractivity (Wildman–Crippen MR) is 64.8 cm³/mol. The molecule has 0 saturated carbocycles. The van der Waals surface area contributed by atoms with E-state index >= 15 is 0 Å². The summed E-state index contributed by atoms with van der Waals surface area (Å²) in [6, 6.07) is 0. The molecule has 0 atom stereocenters. The number of hydrogen-bond donors (Lipinski definition) is 0. The Labute approximate surface area is 105 Å². The standard InChI is InChI=1S/C12H18F2N2O2/c1-8(2)11(17)4-9(5-15-3)16-6-10(7-16)18-12(13)14/h4-5,8,10,12H,6-7H2,1-3H3/b9-4+,15-5?. The Morgan fingerprint density at radius 2 is 2.06 bits per heavy atom. The van der Waals surface area contributed by atoms with Crippen LogP contribution in [0.4, 0.5) is 8.78 Å². The van der Waals surface area contributed by atoms with Gasteiger partial charge in [0.05, 0.1) is 11.8 Å². The lowest BCUT2D eigenvalue weighted by Crippen LogP contribution is -2.52.